The number of hydrogen-bond acceptors (Lipinski definition) is 10. The highest BCUT2D eigenvalue weighted by atomic mass is 31.2. The first kappa shape index (κ1) is 19.2. The number of fused-ring (bicyclic) bond motifs is 2. The van der Waals surface area contributed by atoms with Crippen LogP contribution in [0.2, 0.25) is 0 Å². The van der Waals surface area contributed by atoms with E-state index in [1.54, 1.807) is 0 Å². The van der Waals surface area contributed by atoms with E-state index in [4.69, 9.17) is 23.5 Å². The fourth-order valence-electron chi connectivity index (χ4n) is 3.32. The van der Waals surface area contributed by atoms with Crippen molar-refractivity contribution in [3.05, 3.63) is 26.4 Å². The summed E-state index contributed by atoms with van der Waals surface area (Å²) in [7, 11) is -8.60. The summed E-state index contributed by atoms with van der Waals surface area (Å²) in [5.41, 5.74) is -1.72. The number of nitrogens with zero attached hydrogens (tertiary/aromatic N) is 2. The van der Waals surface area contributed by atoms with Gasteiger partial charge in [-0.25, -0.2) is 18.7 Å². The molecule has 2 N–H and O–H groups in total. The van der Waals surface area contributed by atoms with Crippen LogP contribution in [0.1, 0.15) is 30.9 Å². The summed E-state index contributed by atoms with van der Waals surface area (Å²) in [5, 5.41) is 8.41. The molecule has 1 saturated carbocycles. The van der Waals surface area contributed by atoms with E-state index in [0.717, 1.165) is 4.57 Å². The minimum absolute atomic E-state index is 0.0114. The summed E-state index contributed by atoms with van der Waals surface area (Å²) in [6, 6.07) is -0.537. The second-order valence-electron chi connectivity index (χ2n) is 6.31. The Morgan fingerprint density at radius 3 is 2.82 bits per heavy atom. The molecule has 28 heavy (non-hydrogen) atoms. The van der Waals surface area contributed by atoms with Gasteiger partial charge in [-0.1, -0.05) is 4.73 Å². The van der Waals surface area contributed by atoms with Crippen molar-refractivity contribution in [3.8, 4) is 5.88 Å². The van der Waals surface area contributed by atoms with Crippen molar-refractivity contribution < 1.29 is 46.9 Å². The summed E-state index contributed by atoms with van der Waals surface area (Å²) in [6.45, 7) is -0.335. The molecule has 14 nitrogen and oxygen atoms in total. The Morgan fingerprint density at radius 1 is 1.36 bits per heavy atom. The molecule has 16 heteroatoms. The van der Waals surface area contributed by atoms with E-state index in [0.29, 0.717) is 17.6 Å². The highest BCUT2D eigenvalue weighted by Gasteiger charge is 2.47. The average Bonchev–Trinajstić information content (AvgIpc) is 2.93. The summed E-state index contributed by atoms with van der Waals surface area (Å²) in [4.78, 5) is 44.6. The standard InChI is InChI=1S/C12H14N2O12P2/c15-9-8-4-23-28(21)24-10(8)13(11(16)14(9)26-28)6-1-2-7(3-6)22-5-27(19,20)25-12(17)18/h6-7H,1-5H2,(H,17,18)(H,19,20). The van der Waals surface area contributed by atoms with E-state index >= 15 is 0 Å². The number of ether oxygens (including phenoxy) is 1. The number of hydrogen-bond donors (Lipinski definition) is 2. The maximum absolute atomic E-state index is 12.6. The fourth-order valence-corrected chi connectivity index (χ4v) is 5.19. The molecule has 0 saturated heterocycles. The Hall–Kier alpha value is -2.11. The van der Waals surface area contributed by atoms with Gasteiger partial charge in [-0.05, 0) is 19.3 Å². The maximum Gasteiger partial charge on any atom is 0.608 e. The summed E-state index contributed by atoms with van der Waals surface area (Å²) in [5.74, 6) is -0.189. The van der Waals surface area contributed by atoms with Gasteiger partial charge in [-0.2, -0.15) is 0 Å². The van der Waals surface area contributed by atoms with E-state index in [9.17, 15) is 28.4 Å². The number of aromatic nitrogens is 2. The van der Waals surface area contributed by atoms with Crippen LogP contribution in [0.25, 0.3) is 0 Å². The van der Waals surface area contributed by atoms with Crippen molar-refractivity contribution in [2.75, 3.05) is 6.35 Å². The molecule has 5 heterocycles. The molecule has 4 bridgehead atoms. The van der Waals surface area contributed by atoms with Gasteiger partial charge in [0.05, 0.1) is 12.7 Å². The second kappa shape index (κ2) is 6.46. The minimum atomic E-state index is -4.47. The van der Waals surface area contributed by atoms with Crippen molar-refractivity contribution in [2.24, 2.45) is 0 Å². The molecule has 4 aliphatic heterocycles. The van der Waals surface area contributed by atoms with E-state index in [1.807, 2.05) is 0 Å². The average molecular weight is 440 g/mol. The van der Waals surface area contributed by atoms with Gasteiger partial charge in [0.15, 0.2) is 6.35 Å². The fraction of sp³-hybridized carbons (Fsp3) is 0.583. The predicted molar refractivity (Wildman–Crippen MR) is 86.1 cm³/mol. The first-order chi connectivity index (χ1) is 13.1. The molecule has 1 aliphatic carbocycles. The van der Waals surface area contributed by atoms with Crippen LogP contribution in [0.5, 0.6) is 5.88 Å². The van der Waals surface area contributed by atoms with Crippen LogP contribution in [0.15, 0.2) is 9.59 Å². The van der Waals surface area contributed by atoms with Crippen LogP contribution in [0.3, 0.4) is 0 Å². The van der Waals surface area contributed by atoms with Gasteiger partial charge < -0.3 is 23.8 Å². The van der Waals surface area contributed by atoms with E-state index in [1.165, 1.54) is 0 Å². The molecule has 0 radical (unpaired) electrons. The van der Waals surface area contributed by atoms with Gasteiger partial charge in [-0.15, -0.1) is 0 Å². The number of carbonyl (C=O) groups is 1. The molecular weight excluding hydrogens is 426 g/mol. The summed E-state index contributed by atoms with van der Waals surface area (Å²) < 4.78 is 49.4. The molecular formula is C12H14N2O12P2. The Balaban J connectivity index is 1.55. The molecule has 5 aliphatic rings. The number of phosphoric acid groups is 1. The van der Waals surface area contributed by atoms with Crippen LogP contribution < -0.4 is 20.4 Å². The lowest BCUT2D eigenvalue weighted by Gasteiger charge is -2.22. The highest BCUT2D eigenvalue weighted by molar-refractivity contribution is 7.53. The lowest BCUT2D eigenvalue weighted by atomic mass is 10.2. The van der Waals surface area contributed by atoms with Crippen LogP contribution in [-0.4, -0.2) is 37.9 Å². The smallest absolute Gasteiger partial charge is 0.449 e. The number of phosphoric ester groups is 1. The highest BCUT2D eigenvalue weighted by Crippen LogP contribution is 2.53. The van der Waals surface area contributed by atoms with Gasteiger partial charge in [0.25, 0.3) is 5.56 Å². The number of rotatable bonds is 5. The quantitative estimate of drug-likeness (QED) is 0.603. The lowest BCUT2D eigenvalue weighted by molar-refractivity contribution is 0.0711. The topological polar surface area (TPSA) is 182 Å². The van der Waals surface area contributed by atoms with E-state index in [-0.39, 0.29) is 24.5 Å². The molecule has 4 atom stereocenters. The maximum atomic E-state index is 12.6. The third-order valence-electron chi connectivity index (χ3n) is 4.46. The zero-order valence-electron chi connectivity index (χ0n) is 14.0. The molecule has 0 aromatic carbocycles. The van der Waals surface area contributed by atoms with Gasteiger partial charge in [0.2, 0.25) is 5.88 Å². The van der Waals surface area contributed by atoms with Gasteiger partial charge in [0, 0.05) is 6.04 Å². The summed E-state index contributed by atoms with van der Waals surface area (Å²) in [6.07, 6.45) is -2.40. The van der Waals surface area contributed by atoms with Crippen LogP contribution in [0, 0.1) is 0 Å². The minimum Gasteiger partial charge on any atom is -0.449 e. The Morgan fingerprint density at radius 2 is 2.11 bits per heavy atom. The van der Waals surface area contributed by atoms with Gasteiger partial charge in [0.1, 0.15) is 5.56 Å². The van der Waals surface area contributed by atoms with Crippen LogP contribution in [-0.2, 0) is 29.5 Å². The summed E-state index contributed by atoms with van der Waals surface area (Å²) >= 11 is 0. The second-order valence-corrected chi connectivity index (χ2v) is 9.52. The van der Waals surface area contributed by atoms with Crippen molar-refractivity contribution in [2.45, 2.75) is 38.0 Å². The Bertz CT molecular complexity index is 1060. The van der Waals surface area contributed by atoms with Crippen molar-refractivity contribution in [1.82, 2.24) is 9.30 Å². The monoisotopic (exact) mass is 440 g/mol. The van der Waals surface area contributed by atoms with E-state index < -0.39 is 51.3 Å². The first-order valence-corrected chi connectivity index (χ1v) is 11.2. The lowest BCUT2D eigenvalue weighted by Crippen LogP contribution is -2.42. The third-order valence-corrected chi connectivity index (χ3v) is 6.58. The largest absolute Gasteiger partial charge is 0.608 e. The Labute approximate surface area is 155 Å². The number of carboxylic acid groups (broad SMARTS) is 1. The molecule has 4 unspecified atom stereocenters. The van der Waals surface area contributed by atoms with Gasteiger partial charge in [-0.3, -0.25) is 18.5 Å². The Kier molecular flexibility index (Phi) is 4.43. The van der Waals surface area contributed by atoms with Crippen LogP contribution >= 0.6 is 15.4 Å². The van der Waals surface area contributed by atoms with Crippen molar-refractivity contribution in [1.29, 1.82) is 0 Å². The molecule has 1 aromatic rings. The molecule has 154 valence electrons. The van der Waals surface area contributed by atoms with E-state index in [2.05, 4.69) is 4.52 Å². The molecule has 6 rings (SSSR count). The SMILES string of the molecule is O=C(O)OP(=O)(O)COC1CCC(n2c3c4c(=O)n(c2=O)OP(=O)(OC4)O3)C1. The molecule has 1 aromatic heterocycles. The predicted octanol–water partition coefficient (Wildman–Crippen LogP) is 0.417. The third kappa shape index (κ3) is 3.27. The van der Waals surface area contributed by atoms with Crippen LogP contribution in [0.4, 0.5) is 4.79 Å². The molecule has 1 fully saturated rings. The molecule has 0 amide bonds. The molecule has 0 spiro atoms. The zero-order chi connectivity index (χ0) is 20.3. The van der Waals surface area contributed by atoms with Crippen molar-refractivity contribution in [3.63, 3.8) is 0 Å². The normalized spacial score (nSPS) is 29.6. The van der Waals surface area contributed by atoms with Crippen molar-refractivity contribution >= 4 is 21.6 Å². The van der Waals surface area contributed by atoms with Gasteiger partial charge >= 0.3 is 27.3 Å². The first-order valence-electron chi connectivity index (χ1n) is 7.99. The zero-order valence-corrected chi connectivity index (χ0v) is 15.7.